The lowest BCUT2D eigenvalue weighted by molar-refractivity contribution is -0.116. The molecule has 1 atom stereocenters. The molecule has 1 N–H and O–H groups in total. The number of hydrogen-bond donors (Lipinski definition) is 1. The number of alkyl halides is 2. The predicted molar refractivity (Wildman–Crippen MR) is 124 cm³/mol. The van der Waals surface area contributed by atoms with E-state index in [9.17, 15) is 13.6 Å². The molecule has 4 rings (SSSR count). The molecule has 1 aliphatic carbocycles. The van der Waals surface area contributed by atoms with Gasteiger partial charge in [-0.3, -0.25) is 9.78 Å². The normalized spacial score (nSPS) is 19.0. The van der Waals surface area contributed by atoms with Gasteiger partial charge >= 0.3 is 0 Å². The molecular weight excluding hydrogens is 432 g/mol. The molecular formula is C25H22ClF2N3O. The van der Waals surface area contributed by atoms with Crippen LogP contribution in [0.2, 0.25) is 0 Å². The van der Waals surface area contributed by atoms with Gasteiger partial charge in [-0.25, -0.2) is 8.78 Å². The number of halogens is 3. The maximum Gasteiger partial charge on any atom is 0.262 e. The second kappa shape index (κ2) is 9.09. The monoisotopic (exact) mass is 453 g/mol. The smallest absolute Gasteiger partial charge is 0.262 e. The van der Waals surface area contributed by atoms with Crippen LogP contribution in [0.5, 0.6) is 0 Å². The van der Waals surface area contributed by atoms with E-state index in [1.165, 1.54) is 17.1 Å². The first-order valence-electron chi connectivity index (χ1n) is 10.2. The first-order chi connectivity index (χ1) is 15.3. The third kappa shape index (κ3) is 4.36. The minimum Gasteiger partial charge on any atom is -0.365 e. The topological polar surface area (TPSA) is 45.2 Å². The van der Waals surface area contributed by atoms with E-state index in [0.29, 0.717) is 28.4 Å². The summed E-state index contributed by atoms with van der Waals surface area (Å²) in [6.45, 7) is 1.66. The number of rotatable bonds is 4. The van der Waals surface area contributed by atoms with Crippen LogP contribution in [-0.2, 0) is 4.79 Å². The molecule has 1 amide bonds. The summed E-state index contributed by atoms with van der Waals surface area (Å²) in [7, 11) is 1.56. The minimum atomic E-state index is -2.54. The van der Waals surface area contributed by atoms with Crippen molar-refractivity contribution in [2.75, 3.05) is 7.05 Å². The fourth-order valence-electron chi connectivity index (χ4n) is 3.86. The Bertz CT molecular complexity index is 1220. The van der Waals surface area contributed by atoms with Gasteiger partial charge in [0.25, 0.3) is 12.3 Å². The molecule has 0 bridgehead atoms. The predicted octanol–water partition coefficient (Wildman–Crippen LogP) is 5.55. The minimum absolute atomic E-state index is 0.336. The number of benzene rings is 1. The van der Waals surface area contributed by atoms with E-state index < -0.39 is 12.5 Å². The lowest BCUT2D eigenvalue weighted by Crippen LogP contribution is -2.39. The van der Waals surface area contributed by atoms with Crippen molar-refractivity contribution >= 4 is 33.9 Å². The molecule has 164 valence electrons. The number of hydrogen-bond acceptors (Lipinski definition) is 3. The number of nitrogens with one attached hydrogen (secondary N) is 1. The largest absolute Gasteiger partial charge is 0.365 e. The molecule has 1 aromatic carbocycles. The summed E-state index contributed by atoms with van der Waals surface area (Å²) in [5.41, 5.74) is 3.03. The molecule has 1 aliphatic heterocycles. The summed E-state index contributed by atoms with van der Waals surface area (Å²) in [6, 6.07) is 8.83. The Balaban J connectivity index is 1.65. The first-order valence-corrected chi connectivity index (χ1v) is 10.6. The number of pyridine rings is 1. The molecule has 0 saturated carbocycles. The van der Waals surface area contributed by atoms with Crippen LogP contribution in [0.3, 0.4) is 0 Å². The lowest BCUT2D eigenvalue weighted by Gasteiger charge is -2.32. The summed E-state index contributed by atoms with van der Waals surface area (Å²) >= 11 is 6.39. The molecule has 1 aromatic heterocycles. The van der Waals surface area contributed by atoms with E-state index in [0.717, 1.165) is 22.0 Å². The molecule has 0 spiro atoms. The number of carbonyl (C=O) groups is 1. The van der Waals surface area contributed by atoms with E-state index in [2.05, 4.69) is 10.3 Å². The van der Waals surface area contributed by atoms with Crippen LogP contribution in [0.1, 0.15) is 19.0 Å². The Kier molecular flexibility index (Phi) is 6.24. The van der Waals surface area contributed by atoms with Crippen molar-refractivity contribution < 1.29 is 13.6 Å². The fourth-order valence-corrected chi connectivity index (χ4v) is 4.07. The molecule has 2 aromatic rings. The summed E-state index contributed by atoms with van der Waals surface area (Å²) in [5, 5.41) is 5.55. The molecule has 7 heteroatoms. The fraction of sp³-hybridized carbons (Fsp3) is 0.200. The molecule has 2 heterocycles. The maximum absolute atomic E-state index is 13.2. The van der Waals surface area contributed by atoms with Gasteiger partial charge < -0.3 is 10.2 Å². The SMILES string of the molecule is CC1=C(C(=O)NC2=CC=C(Cl)CC(c3nccc4ccccc34)=C2)C=CC(C(F)F)N1C. The van der Waals surface area contributed by atoms with Crippen molar-refractivity contribution in [3.8, 4) is 0 Å². The molecule has 0 fully saturated rings. The Labute approximate surface area is 190 Å². The van der Waals surface area contributed by atoms with Gasteiger partial charge in [0, 0.05) is 41.5 Å². The number of nitrogens with zero attached hydrogens (tertiary/aromatic N) is 2. The van der Waals surface area contributed by atoms with Crippen molar-refractivity contribution in [3.05, 3.63) is 94.6 Å². The van der Waals surface area contributed by atoms with E-state index >= 15 is 0 Å². The van der Waals surface area contributed by atoms with Gasteiger partial charge in [0.2, 0.25) is 0 Å². The second-order valence-electron chi connectivity index (χ2n) is 7.71. The Morgan fingerprint density at radius 2 is 2.03 bits per heavy atom. The van der Waals surface area contributed by atoms with Gasteiger partial charge in [-0.1, -0.05) is 41.9 Å². The highest BCUT2D eigenvalue weighted by Gasteiger charge is 2.28. The van der Waals surface area contributed by atoms with Gasteiger partial charge in [-0.2, -0.15) is 0 Å². The van der Waals surface area contributed by atoms with Gasteiger partial charge in [0.1, 0.15) is 6.04 Å². The van der Waals surface area contributed by atoms with E-state index in [1.54, 1.807) is 32.3 Å². The second-order valence-corrected chi connectivity index (χ2v) is 8.20. The highest BCUT2D eigenvalue weighted by atomic mass is 35.5. The van der Waals surface area contributed by atoms with Crippen LogP contribution >= 0.6 is 11.6 Å². The van der Waals surface area contributed by atoms with Crippen molar-refractivity contribution in [3.63, 3.8) is 0 Å². The number of fused-ring (bicyclic) bond motifs is 1. The molecule has 4 nitrogen and oxygen atoms in total. The number of carbonyl (C=O) groups excluding carboxylic acids is 1. The maximum atomic E-state index is 13.2. The average Bonchev–Trinajstić information content (AvgIpc) is 2.96. The number of amides is 1. The van der Waals surface area contributed by atoms with Crippen LogP contribution in [0.25, 0.3) is 16.3 Å². The zero-order chi connectivity index (χ0) is 22.8. The van der Waals surface area contributed by atoms with Crippen molar-refractivity contribution in [1.82, 2.24) is 15.2 Å². The third-order valence-electron chi connectivity index (χ3n) is 5.70. The Morgan fingerprint density at radius 3 is 2.81 bits per heavy atom. The van der Waals surface area contributed by atoms with Crippen molar-refractivity contribution in [1.29, 1.82) is 0 Å². The third-order valence-corrected chi connectivity index (χ3v) is 5.96. The van der Waals surface area contributed by atoms with Crippen molar-refractivity contribution in [2.24, 2.45) is 0 Å². The summed E-state index contributed by atoms with van der Waals surface area (Å²) < 4.78 is 26.4. The summed E-state index contributed by atoms with van der Waals surface area (Å²) in [5.74, 6) is -0.377. The van der Waals surface area contributed by atoms with E-state index in [4.69, 9.17) is 11.6 Å². The summed E-state index contributed by atoms with van der Waals surface area (Å²) in [4.78, 5) is 19.0. The standard InChI is InChI=1S/C25H22ClF2N3O/c1-15-20(9-10-22(24(27)28)31(15)2)25(32)30-19-8-7-18(26)13-17(14-19)23-21-6-4-3-5-16(21)11-12-29-23/h3-12,14,22,24H,13H2,1-2H3,(H,30,32). The van der Waals surface area contributed by atoms with Gasteiger partial charge in [0.15, 0.2) is 0 Å². The van der Waals surface area contributed by atoms with Gasteiger partial charge in [0.05, 0.1) is 11.3 Å². The Morgan fingerprint density at radius 1 is 1.25 bits per heavy atom. The number of allylic oxidation sites excluding steroid dienone is 6. The molecule has 2 aliphatic rings. The zero-order valence-corrected chi connectivity index (χ0v) is 18.4. The Hall–Kier alpha value is -3.25. The van der Waals surface area contributed by atoms with Crippen LogP contribution in [0.4, 0.5) is 8.78 Å². The summed E-state index contributed by atoms with van der Waals surface area (Å²) in [6.07, 6.45) is 7.82. The number of likely N-dealkylation sites (N-methyl/N-ethyl adjacent to an activating group) is 1. The van der Waals surface area contributed by atoms with Crippen molar-refractivity contribution in [2.45, 2.75) is 25.8 Å². The first kappa shape index (κ1) is 22.0. The van der Waals surface area contributed by atoms with Gasteiger partial charge in [-0.05, 0) is 48.3 Å². The lowest BCUT2D eigenvalue weighted by atomic mass is 10.0. The highest BCUT2D eigenvalue weighted by molar-refractivity contribution is 6.30. The van der Waals surface area contributed by atoms with Crippen LogP contribution < -0.4 is 5.32 Å². The average molecular weight is 454 g/mol. The quantitative estimate of drug-likeness (QED) is 0.659. The number of aromatic nitrogens is 1. The molecule has 1 unspecified atom stereocenters. The van der Waals surface area contributed by atoms with Crippen LogP contribution in [0, 0.1) is 0 Å². The van der Waals surface area contributed by atoms with Crippen LogP contribution in [-0.4, -0.2) is 35.3 Å². The molecule has 0 saturated heterocycles. The highest BCUT2D eigenvalue weighted by Crippen LogP contribution is 2.31. The van der Waals surface area contributed by atoms with E-state index in [-0.39, 0.29) is 5.91 Å². The van der Waals surface area contributed by atoms with E-state index in [1.807, 2.05) is 36.4 Å². The molecule has 0 radical (unpaired) electrons. The van der Waals surface area contributed by atoms with Gasteiger partial charge in [-0.15, -0.1) is 0 Å². The molecule has 32 heavy (non-hydrogen) atoms. The zero-order valence-electron chi connectivity index (χ0n) is 17.6. The van der Waals surface area contributed by atoms with Crippen LogP contribution in [0.15, 0.2) is 88.9 Å².